The molecule has 1 fully saturated rings. The minimum Gasteiger partial charge on any atom is -0.342 e. The van der Waals surface area contributed by atoms with Crippen LogP contribution < -0.4 is 5.32 Å². The molecule has 1 aliphatic rings. The fourth-order valence-electron chi connectivity index (χ4n) is 3.53. The maximum atomic E-state index is 13.0. The minimum atomic E-state index is -0.301. The van der Waals surface area contributed by atoms with Gasteiger partial charge in [0.1, 0.15) is 11.5 Å². The van der Waals surface area contributed by atoms with Crippen molar-refractivity contribution in [3.8, 4) is 0 Å². The van der Waals surface area contributed by atoms with Gasteiger partial charge in [-0.2, -0.15) is 0 Å². The highest BCUT2D eigenvalue weighted by Gasteiger charge is 2.26. The van der Waals surface area contributed by atoms with E-state index in [1.54, 1.807) is 17.5 Å². The first-order valence-corrected chi connectivity index (χ1v) is 11.8. The third-order valence-corrected chi connectivity index (χ3v) is 7.46. The Hall–Kier alpha value is -2.65. The second-order valence-corrected chi connectivity index (χ2v) is 9.74. The molecule has 2 amide bonds. The van der Waals surface area contributed by atoms with E-state index in [-0.39, 0.29) is 30.0 Å². The number of nitrogens with one attached hydrogen (secondary N) is 1. The van der Waals surface area contributed by atoms with Gasteiger partial charge >= 0.3 is 0 Å². The van der Waals surface area contributed by atoms with Gasteiger partial charge in [-0.3, -0.25) is 14.9 Å². The number of aromatic nitrogens is 2. The van der Waals surface area contributed by atoms with Crippen LogP contribution in [0.4, 0.5) is 9.52 Å². The van der Waals surface area contributed by atoms with Crippen LogP contribution in [0.5, 0.6) is 0 Å². The quantitative estimate of drug-likeness (QED) is 0.608. The predicted octanol–water partition coefficient (Wildman–Crippen LogP) is 4.56. The van der Waals surface area contributed by atoms with Crippen LogP contribution in [0.15, 0.2) is 29.6 Å². The molecule has 9 heteroatoms. The number of hydrogen-bond acceptors (Lipinski definition) is 6. The number of benzene rings is 1. The van der Waals surface area contributed by atoms with E-state index in [0.29, 0.717) is 23.9 Å². The molecule has 1 saturated heterocycles. The molecule has 0 radical (unpaired) electrons. The van der Waals surface area contributed by atoms with Crippen LogP contribution in [0.25, 0.3) is 0 Å². The molecule has 3 aromatic rings. The number of aryl methyl sites for hydroxylation is 2. The number of anilines is 1. The third kappa shape index (κ3) is 5.16. The predicted molar refractivity (Wildman–Crippen MR) is 120 cm³/mol. The number of carbonyl (C=O) groups is 2. The molecular formula is C22H23FN4O2S2. The van der Waals surface area contributed by atoms with E-state index < -0.39 is 0 Å². The first kappa shape index (κ1) is 21.6. The van der Waals surface area contributed by atoms with Gasteiger partial charge in [0.25, 0.3) is 5.91 Å². The molecule has 0 spiro atoms. The zero-order valence-corrected chi connectivity index (χ0v) is 19.0. The summed E-state index contributed by atoms with van der Waals surface area (Å²) in [5.74, 6) is -0.252. The Morgan fingerprint density at radius 1 is 1.16 bits per heavy atom. The van der Waals surface area contributed by atoms with Crippen molar-refractivity contribution in [3.63, 3.8) is 0 Å². The monoisotopic (exact) mass is 458 g/mol. The SMILES string of the molecule is Cc1nc(NC(=O)c2csc(C3CCN(C(=O)Cc4ccc(F)cc4)CC3)n2)sc1C. The Balaban J connectivity index is 1.31. The van der Waals surface area contributed by atoms with Gasteiger partial charge in [0.05, 0.1) is 17.1 Å². The number of amides is 2. The minimum absolute atomic E-state index is 0.0540. The van der Waals surface area contributed by atoms with Crippen LogP contribution in [-0.4, -0.2) is 39.8 Å². The van der Waals surface area contributed by atoms with E-state index >= 15 is 0 Å². The first-order chi connectivity index (χ1) is 14.9. The van der Waals surface area contributed by atoms with E-state index in [4.69, 9.17) is 0 Å². The zero-order chi connectivity index (χ0) is 22.0. The number of piperidine rings is 1. The molecule has 0 aliphatic carbocycles. The lowest BCUT2D eigenvalue weighted by atomic mass is 9.97. The Bertz CT molecular complexity index is 1070. The van der Waals surface area contributed by atoms with Crippen molar-refractivity contribution in [2.24, 2.45) is 0 Å². The molecule has 1 aliphatic heterocycles. The number of thiazole rings is 2. The van der Waals surface area contributed by atoms with E-state index in [1.165, 1.54) is 34.8 Å². The molecular weight excluding hydrogens is 435 g/mol. The van der Waals surface area contributed by atoms with Crippen molar-refractivity contribution in [1.29, 1.82) is 0 Å². The summed E-state index contributed by atoms with van der Waals surface area (Å²) in [5.41, 5.74) is 2.13. The van der Waals surface area contributed by atoms with E-state index in [9.17, 15) is 14.0 Å². The summed E-state index contributed by atoms with van der Waals surface area (Å²) in [4.78, 5) is 36.9. The summed E-state index contributed by atoms with van der Waals surface area (Å²) in [7, 11) is 0. The van der Waals surface area contributed by atoms with Crippen LogP contribution in [0.2, 0.25) is 0 Å². The summed E-state index contributed by atoms with van der Waals surface area (Å²) in [6.45, 7) is 5.20. The average Bonchev–Trinajstić information content (AvgIpc) is 3.37. The normalized spacial score (nSPS) is 14.6. The molecule has 3 heterocycles. The summed E-state index contributed by atoms with van der Waals surface area (Å²) in [5, 5.41) is 6.12. The molecule has 1 N–H and O–H groups in total. The van der Waals surface area contributed by atoms with Gasteiger partial charge in [0.2, 0.25) is 5.91 Å². The van der Waals surface area contributed by atoms with Crippen molar-refractivity contribution >= 4 is 39.6 Å². The summed E-state index contributed by atoms with van der Waals surface area (Å²) >= 11 is 2.94. The highest BCUT2D eigenvalue weighted by molar-refractivity contribution is 7.15. The maximum Gasteiger partial charge on any atom is 0.276 e. The average molecular weight is 459 g/mol. The van der Waals surface area contributed by atoms with E-state index in [2.05, 4.69) is 15.3 Å². The molecule has 4 rings (SSSR count). The van der Waals surface area contributed by atoms with Crippen molar-refractivity contribution in [2.45, 2.75) is 39.0 Å². The highest BCUT2D eigenvalue weighted by Crippen LogP contribution is 2.31. The van der Waals surface area contributed by atoms with Gasteiger partial charge in [0.15, 0.2) is 5.13 Å². The first-order valence-electron chi connectivity index (χ1n) is 10.1. The van der Waals surface area contributed by atoms with Gasteiger partial charge in [-0.1, -0.05) is 12.1 Å². The number of nitrogens with zero attached hydrogens (tertiary/aromatic N) is 3. The molecule has 0 bridgehead atoms. The number of rotatable bonds is 5. The lowest BCUT2D eigenvalue weighted by molar-refractivity contribution is -0.131. The van der Waals surface area contributed by atoms with Crippen molar-refractivity contribution in [3.05, 3.63) is 62.3 Å². The maximum absolute atomic E-state index is 13.0. The fraction of sp³-hybridized carbons (Fsp3) is 0.364. The molecule has 0 unspecified atom stereocenters. The highest BCUT2D eigenvalue weighted by atomic mass is 32.1. The molecule has 31 heavy (non-hydrogen) atoms. The van der Waals surface area contributed by atoms with E-state index in [0.717, 1.165) is 34.0 Å². The van der Waals surface area contributed by atoms with Crippen LogP contribution in [0, 0.1) is 19.7 Å². The second-order valence-electron chi connectivity index (χ2n) is 7.64. The molecule has 6 nitrogen and oxygen atoms in total. The lowest BCUT2D eigenvalue weighted by Gasteiger charge is -2.31. The van der Waals surface area contributed by atoms with Gasteiger partial charge in [-0.05, 0) is 44.4 Å². The van der Waals surface area contributed by atoms with Crippen molar-refractivity contribution in [2.75, 3.05) is 18.4 Å². The van der Waals surface area contributed by atoms with Gasteiger partial charge in [-0.25, -0.2) is 14.4 Å². The largest absolute Gasteiger partial charge is 0.342 e. The van der Waals surface area contributed by atoms with Crippen LogP contribution in [0.1, 0.15) is 50.4 Å². The van der Waals surface area contributed by atoms with Crippen LogP contribution in [0.3, 0.4) is 0 Å². The number of likely N-dealkylation sites (tertiary alicyclic amines) is 1. The summed E-state index contributed by atoms with van der Waals surface area (Å²) < 4.78 is 13.0. The standard InChI is InChI=1S/C22H23FN4O2S2/c1-13-14(2)31-22(24-13)26-20(29)18-12-30-21(25-18)16-7-9-27(10-8-16)19(28)11-15-3-5-17(23)6-4-15/h3-6,12,16H,7-11H2,1-2H3,(H,24,26,29). The fourth-order valence-corrected chi connectivity index (χ4v) is 5.31. The molecule has 2 aromatic heterocycles. The Morgan fingerprint density at radius 3 is 2.52 bits per heavy atom. The molecule has 1 aromatic carbocycles. The van der Waals surface area contributed by atoms with Crippen LogP contribution in [-0.2, 0) is 11.2 Å². The second kappa shape index (κ2) is 9.23. The Morgan fingerprint density at radius 2 is 1.87 bits per heavy atom. The molecule has 162 valence electrons. The third-order valence-electron chi connectivity index (χ3n) is 5.47. The zero-order valence-electron chi connectivity index (χ0n) is 17.4. The number of hydrogen-bond donors (Lipinski definition) is 1. The smallest absolute Gasteiger partial charge is 0.276 e. The van der Waals surface area contributed by atoms with Crippen molar-refractivity contribution < 1.29 is 14.0 Å². The Kier molecular flexibility index (Phi) is 6.43. The topological polar surface area (TPSA) is 75.2 Å². The lowest BCUT2D eigenvalue weighted by Crippen LogP contribution is -2.38. The van der Waals surface area contributed by atoms with Crippen LogP contribution >= 0.6 is 22.7 Å². The van der Waals surface area contributed by atoms with Gasteiger partial charge in [0, 0.05) is 29.3 Å². The van der Waals surface area contributed by atoms with Crippen molar-refractivity contribution in [1.82, 2.24) is 14.9 Å². The molecule has 0 atom stereocenters. The summed E-state index contributed by atoms with van der Waals surface area (Å²) in [6.07, 6.45) is 1.91. The van der Waals surface area contributed by atoms with Gasteiger partial charge in [-0.15, -0.1) is 22.7 Å². The number of halogens is 1. The number of carbonyl (C=O) groups excluding carboxylic acids is 2. The van der Waals surface area contributed by atoms with E-state index in [1.807, 2.05) is 18.7 Å². The summed E-state index contributed by atoms with van der Waals surface area (Å²) in [6, 6.07) is 6.05. The molecule has 0 saturated carbocycles. The Labute approximate surface area is 188 Å². The van der Waals surface area contributed by atoms with Gasteiger partial charge < -0.3 is 4.90 Å².